The largest absolute Gasteiger partial charge is 0.313 e. The van der Waals surface area contributed by atoms with E-state index in [-0.39, 0.29) is 0 Å². The van der Waals surface area contributed by atoms with Gasteiger partial charge in [0.25, 0.3) is 0 Å². The SMILES string of the molecule is CCCC[C@H]1Cc2ccccc2[C@H](Cc2ccccc2)CN1. The third kappa shape index (κ3) is 3.78. The third-order valence-corrected chi connectivity index (χ3v) is 4.85. The van der Waals surface area contributed by atoms with Crippen molar-refractivity contribution in [3.8, 4) is 0 Å². The Morgan fingerprint density at radius 1 is 1.00 bits per heavy atom. The second kappa shape index (κ2) is 7.60. The standard InChI is InChI=1S/C21H27N/c1-2-3-12-20-15-18-11-7-8-13-21(18)19(16-22-20)14-17-9-5-4-6-10-17/h4-11,13,19-20,22H,2-3,12,14-16H2,1H3/t19-,20+/m1/s1. The quantitative estimate of drug-likeness (QED) is 0.841. The van der Waals surface area contributed by atoms with Crippen LogP contribution in [0.15, 0.2) is 54.6 Å². The molecule has 0 radical (unpaired) electrons. The van der Waals surface area contributed by atoms with Crippen molar-refractivity contribution in [1.29, 1.82) is 0 Å². The lowest BCUT2D eigenvalue weighted by molar-refractivity contribution is 0.457. The van der Waals surface area contributed by atoms with Gasteiger partial charge in [0, 0.05) is 18.5 Å². The predicted octanol–water partition coefficient (Wildman–Crippen LogP) is 4.72. The van der Waals surface area contributed by atoms with E-state index in [1.807, 2.05) is 0 Å². The Kier molecular flexibility index (Phi) is 5.29. The molecule has 0 saturated carbocycles. The summed E-state index contributed by atoms with van der Waals surface area (Å²) >= 11 is 0. The zero-order valence-corrected chi connectivity index (χ0v) is 13.6. The maximum atomic E-state index is 3.83. The molecule has 0 saturated heterocycles. The van der Waals surface area contributed by atoms with Crippen LogP contribution < -0.4 is 5.32 Å². The number of nitrogens with one attached hydrogen (secondary N) is 1. The van der Waals surface area contributed by atoms with E-state index in [2.05, 4.69) is 66.8 Å². The van der Waals surface area contributed by atoms with E-state index in [1.165, 1.54) is 31.2 Å². The zero-order chi connectivity index (χ0) is 15.2. The van der Waals surface area contributed by atoms with Gasteiger partial charge in [0.05, 0.1) is 0 Å². The molecule has 1 nitrogen and oxygen atoms in total. The highest BCUT2D eigenvalue weighted by Crippen LogP contribution is 2.28. The molecule has 3 rings (SSSR count). The van der Waals surface area contributed by atoms with Crippen LogP contribution in [-0.2, 0) is 12.8 Å². The highest BCUT2D eigenvalue weighted by molar-refractivity contribution is 5.34. The first-order chi connectivity index (χ1) is 10.9. The van der Waals surface area contributed by atoms with Gasteiger partial charge in [-0.1, -0.05) is 74.4 Å². The molecule has 2 atom stereocenters. The molecule has 0 spiro atoms. The maximum absolute atomic E-state index is 3.83. The molecule has 0 fully saturated rings. The number of fused-ring (bicyclic) bond motifs is 1. The smallest absolute Gasteiger partial charge is 0.0108 e. The van der Waals surface area contributed by atoms with Gasteiger partial charge in [0.1, 0.15) is 0 Å². The van der Waals surface area contributed by atoms with Crippen LogP contribution in [0.4, 0.5) is 0 Å². The van der Waals surface area contributed by atoms with Crippen LogP contribution in [0.2, 0.25) is 0 Å². The molecule has 0 unspecified atom stereocenters. The average Bonchev–Trinajstić information content (AvgIpc) is 2.74. The molecule has 1 N–H and O–H groups in total. The average molecular weight is 293 g/mol. The molecule has 1 heteroatoms. The van der Waals surface area contributed by atoms with Crippen LogP contribution in [0.5, 0.6) is 0 Å². The molecule has 1 heterocycles. The summed E-state index contributed by atoms with van der Waals surface area (Å²) < 4.78 is 0. The lowest BCUT2D eigenvalue weighted by atomic mass is 9.88. The predicted molar refractivity (Wildman–Crippen MR) is 94.3 cm³/mol. The first-order valence-corrected chi connectivity index (χ1v) is 8.72. The number of rotatable bonds is 5. The summed E-state index contributed by atoms with van der Waals surface area (Å²) in [6.45, 7) is 3.38. The fourth-order valence-electron chi connectivity index (χ4n) is 3.61. The van der Waals surface area contributed by atoms with E-state index in [4.69, 9.17) is 0 Å². The number of hydrogen-bond acceptors (Lipinski definition) is 1. The Hall–Kier alpha value is -1.60. The summed E-state index contributed by atoms with van der Waals surface area (Å²) in [5, 5.41) is 3.83. The second-order valence-electron chi connectivity index (χ2n) is 6.54. The Bertz CT molecular complexity index is 575. The lowest BCUT2D eigenvalue weighted by Crippen LogP contribution is -2.32. The van der Waals surface area contributed by atoms with E-state index in [0.29, 0.717) is 12.0 Å². The van der Waals surface area contributed by atoms with Gasteiger partial charge in [-0.2, -0.15) is 0 Å². The molecular formula is C21H27N. The highest BCUT2D eigenvalue weighted by Gasteiger charge is 2.22. The minimum Gasteiger partial charge on any atom is -0.313 e. The molecule has 0 aromatic heterocycles. The Morgan fingerprint density at radius 2 is 1.77 bits per heavy atom. The van der Waals surface area contributed by atoms with E-state index in [0.717, 1.165) is 13.0 Å². The van der Waals surface area contributed by atoms with Crippen LogP contribution in [0.3, 0.4) is 0 Å². The topological polar surface area (TPSA) is 12.0 Å². The molecular weight excluding hydrogens is 266 g/mol. The first kappa shape index (κ1) is 15.3. The Balaban J connectivity index is 1.79. The van der Waals surface area contributed by atoms with Gasteiger partial charge in [-0.15, -0.1) is 0 Å². The number of unbranched alkanes of at least 4 members (excludes halogenated alkanes) is 1. The highest BCUT2D eigenvalue weighted by atomic mass is 14.9. The van der Waals surface area contributed by atoms with Crippen LogP contribution in [-0.4, -0.2) is 12.6 Å². The van der Waals surface area contributed by atoms with Gasteiger partial charge < -0.3 is 5.32 Å². The van der Waals surface area contributed by atoms with Crippen molar-refractivity contribution in [1.82, 2.24) is 5.32 Å². The summed E-state index contributed by atoms with van der Waals surface area (Å²) in [5.41, 5.74) is 4.54. The van der Waals surface area contributed by atoms with Crippen LogP contribution in [0.25, 0.3) is 0 Å². The number of benzene rings is 2. The summed E-state index contributed by atoms with van der Waals surface area (Å²) in [6, 6.07) is 20.6. The first-order valence-electron chi connectivity index (χ1n) is 8.72. The van der Waals surface area contributed by atoms with Gasteiger partial charge in [-0.3, -0.25) is 0 Å². The summed E-state index contributed by atoms with van der Waals surface area (Å²) in [6.07, 6.45) is 6.21. The fourth-order valence-corrected chi connectivity index (χ4v) is 3.61. The van der Waals surface area contributed by atoms with Gasteiger partial charge in [0.15, 0.2) is 0 Å². The van der Waals surface area contributed by atoms with Gasteiger partial charge in [0.2, 0.25) is 0 Å². The molecule has 2 aromatic rings. The monoisotopic (exact) mass is 293 g/mol. The van der Waals surface area contributed by atoms with Crippen molar-refractivity contribution >= 4 is 0 Å². The van der Waals surface area contributed by atoms with Gasteiger partial charge in [-0.05, 0) is 36.0 Å². The van der Waals surface area contributed by atoms with Crippen molar-refractivity contribution in [2.75, 3.05) is 6.54 Å². The van der Waals surface area contributed by atoms with E-state index < -0.39 is 0 Å². The van der Waals surface area contributed by atoms with Crippen molar-refractivity contribution in [2.24, 2.45) is 0 Å². The van der Waals surface area contributed by atoms with E-state index in [9.17, 15) is 0 Å². The van der Waals surface area contributed by atoms with Crippen molar-refractivity contribution < 1.29 is 0 Å². The van der Waals surface area contributed by atoms with Crippen molar-refractivity contribution in [2.45, 2.75) is 51.0 Å². The van der Waals surface area contributed by atoms with Crippen LogP contribution in [0, 0.1) is 0 Å². The fraction of sp³-hybridized carbons (Fsp3) is 0.429. The Labute approximate surface area is 134 Å². The minimum atomic E-state index is 0.588. The second-order valence-corrected chi connectivity index (χ2v) is 6.54. The molecule has 0 amide bonds. The molecule has 1 aliphatic heterocycles. The zero-order valence-electron chi connectivity index (χ0n) is 13.6. The molecule has 0 aliphatic carbocycles. The van der Waals surface area contributed by atoms with Crippen molar-refractivity contribution in [3.63, 3.8) is 0 Å². The molecule has 0 bridgehead atoms. The third-order valence-electron chi connectivity index (χ3n) is 4.85. The van der Waals surface area contributed by atoms with Crippen LogP contribution >= 0.6 is 0 Å². The van der Waals surface area contributed by atoms with Gasteiger partial charge >= 0.3 is 0 Å². The van der Waals surface area contributed by atoms with Crippen LogP contribution in [0.1, 0.15) is 48.8 Å². The van der Waals surface area contributed by atoms with Crippen molar-refractivity contribution in [3.05, 3.63) is 71.3 Å². The number of hydrogen-bond donors (Lipinski definition) is 1. The molecule has 116 valence electrons. The normalized spacial score (nSPS) is 21.1. The summed E-state index contributed by atoms with van der Waals surface area (Å²) in [4.78, 5) is 0. The van der Waals surface area contributed by atoms with Gasteiger partial charge in [-0.25, -0.2) is 0 Å². The molecule has 1 aliphatic rings. The lowest BCUT2D eigenvalue weighted by Gasteiger charge is -2.18. The molecule has 22 heavy (non-hydrogen) atoms. The Morgan fingerprint density at radius 3 is 2.59 bits per heavy atom. The van der Waals surface area contributed by atoms with E-state index in [1.54, 1.807) is 11.1 Å². The summed E-state index contributed by atoms with van der Waals surface area (Å²) in [5.74, 6) is 0.588. The maximum Gasteiger partial charge on any atom is 0.0108 e. The van der Waals surface area contributed by atoms with E-state index >= 15 is 0 Å². The molecule has 2 aromatic carbocycles. The minimum absolute atomic E-state index is 0.588. The summed E-state index contributed by atoms with van der Waals surface area (Å²) in [7, 11) is 0.